The predicted molar refractivity (Wildman–Crippen MR) is 95.8 cm³/mol. The first-order chi connectivity index (χ1) is 11.3. The van der Waals surface area contributed by atoms with Crippen molar-refractivity contribution in [2.24, 2.45) is 0 Å². The molecule has 0 radical (unpaired) electrons. The summed E-state index contributed by atoms with van der Waals surface area (Å²) in [6, 6.07) is 13.6. The molecule has 6 heteroatoms. The van der Waals surface area contributed by atoms with E-state index in [2.05, 4.69) is 23.9 Å². The number of hydrogen-bond donors (Lipinski definition) is 2. The molecule has 1 amide bonds. The highest BCUT2D eigenvalue weighted by Gasteiger charge is 2.15. The third-order valence-electron chi connectivity index (χ3n) is 3.58. The highest BCUT2D eigenvalue weighted by Crippen LogP contribution is 2.18. The molecule has 0 aromatic heterocycles. The van der Waals surface area contributed by atoms with Crippen LogP contribution in [0.2, 0.25) is 0 Å². The summed E-state index contributed by atoms with van der Waals surface area (Å²) in [4.78, 5) is 12.4. The number of anilines is 1. The fourth-order valence-electron chi connectivity index (χ4n) is 2.23. The second kappa shape index (κ2) is 7.59. The number of rotatable bonds is 6. The molecule has 0 aliphatic heterocycles. The lowest BCUT2D eigenvalue weighted by molar-refractivity contribution is 0.102. The lowest BCUT2D eigenvalue weighted by atomic mass is 10.0. The van der Waals surface area contributed by atoms with Crippen LogP contribution in [-0.4, -0.2) is 20.9 Å². The summed E-state index contributed by atoms with van der Waals surface area (Å²) >= 11 is 0. The summed E-state index contributed by atoms with van der Waals surface area (Å²) in [5, 5.41) is 2.78. The smallest absolute Gasteiger partial charge is 0.255 e. The van der Waals surface area contributed by atoms with Gasteiger partial charge in [0.15, 0.2) is 0 Å². The van der Waals surface area contributed by atoms with Crippen molar-refractivity contribution >= 4 is 21.6 Å². The Hall–Kier alpha value is -2.18. The molecule has 2 aromatic rings. The van der Waals surface area contributed by atoms with E-state index in [1.807, 2.05) is 24.3 Å². The third-order valence-corrected chi connectivity index (χ3v) is 5.12. The van der Waals surface area contributed by atoms with Crippen LogP contribution < -0.4 is 10.0 Å². The van der Waals surface area contributed by atoms with Gasteiger partial charge in [0, 0.05) is 17.8 Å². The molecular formula is C18H22N2O3S. The molecule has 0 spiro atoms. The van der Waals surface area contributed by atoms with Crippen molar-refractivity contribution in [2.75, 3.05) is 11.9 Å². The van der Waals surface area contributed by atoms with Gasteiger partial charge in [-0.2, -0.15) is 0 Å². The first-order valence-corrected chi connectivity index (χ1v) is 9.33. The number of benzene rings is 2. The normalized spacial score (nSPS) is 11.5. The van der Waals surface area contributed by atoms with E-state index < -0.39 is 10.0 Å². The Morgan fingerprint density at radius 3 is 2.33 bits per heavy atom. The Kier molecular flexibility index (Phi) is 5.75. The van der Waals surface area contributed by atoms with Crippen LogP contribution in [0.3, 0.4) is 0 Å². The lowest BCUT2D eigenvalue weighted by Crippen LogP contribution is -2.23. The first kappa shape index (κ1) is 18.2. The standard InChI is InChI=1S/C18H22N2O3S/c1-4-19-24(22,23)17-7-5-6-15(12-17)18(21)20-16-10-8-14(9-11-16)13(2)3/h5-13,19H,4H2,1-3H3,(H,20,21). The lowest BCUT2D eigenvalue weighted by Gasteiger charge is -2.10. The van der Waals surface area contributed by atoms with Gasteiger partial charge in [0.25, 0.3) is 5.91 Å². The molecule has 2 N–H and O–H groups in total. The zero-order chi connectivity index (χ0) is 17.7. The molecule has 2 rings (SSSR count). The van der Waals surface area contributed by atoms with Gasteiger partial charge in [-0.1, -0.05) is 39.0 Å². The SMILES string of the molecule is CCNS(=O)(=O)c1cccc(C(=O)Nc2ccc(C(C)C)cc2)c1. The van der Waals surface area contributed by atoms with Crippen LogP contribution in [-0.2, 0) is 10.0 Å². The third kappa shape index (κ3) is 4.43. The van der Waals surface area contributed by atoms with Crippen LogP contribution in [0.15, 0.2) is 53.4 Å². The summed E-state index contributed by atoms with van der Waals surface area (Å²) < 4.78 is 26.5. The topological polar surface area (TPSA) is 75.3 Å². The number of amides is 1. The molecule has 0 bridgehead atoms. The zero-order valence-corrected chi connectivity index (χ0v) is 14.9. The first-order valence-electron chi connectivity index (χ1n) is 7.84. The number of carbonyl (C=O) groups is 1. The molecule has 0 aliphatic carbocycles. The maximum atomic E-state index is 12.3. The quantitative estimate of drug-likeness (QED) is 0.842. The fourth-order valence-corrected chi connectivity index (χ4v) is 3.32. The van der Waals surface area contributed by atoms with E-state index in [0.717, 1.165) is 0 Å². The molecule has 0 heterocycles. The fraction of sp³-hybridized carbons (Fsp3) is 0.278. The van der Waals surface area contributed by atoms with Crippen LogP contribution in [0.4, 0.5) is 5.69 Å². The molecular weight excluding hydrogens is 324 g/mol. The number of hydrogen-bond acceptors (Lipinski definition) is 3. The highest BCUT2D eigenvalue weighted by atomic mass is 32.2. The Bertz CT molecular complexity index is 812. The van der Waals surface area contributed by atoms with E-state index in [1.165, 1.54) is 17.7 Å². The maximum Gasteiger partial charge on any atom is 0.255 e. The maximum absolute atomic E-state index is 12.3. The van der Waals surface area contributed by atoms with Gasteiger partial charge < -0.3 is 5.32 Å². The van der Waals surface area contributed by atoms with E-state index >= 15 is 0 Å². The van der Waals surface area contributed by atoms with E-state index in [-0.39, 0.29) is 10.8 Å². The van der Waals surface area contributed by atoms with E-state index in [4.69, 9.17) is 0 Å². The van der Waals surface area contributed by atoms with Crippen molar-refractivity contribution in [3.05, 3.63) is 59.7 Å². The van der Waals surface area contributed by atoms with Gasteiger partial charge in [-0.15, -0.1) is 0 Å². The van der Waals surface area contributed by atoms with Crippen LogP contribution in [0.5, 0.6) is 0 Å². The summed E-state index contributed by atoms with van der Waals surface area (Å²) in [6.07, 6.45) is 0. The van der Waals surface area contributed by atoms with Gasteiger partial charge in [-0.05, 0) is 41.8 Å². The van der Waals surface area contributed by atoms with Crippen molar-refractivity contribution in [3.8, 4) is 0 Å². The van der Waals surface area contributed by atoms with Gasteiger partial charge in [-0.25, -0.2) is 13.1 Å². The second-order valence-electron chi connectivity index (χ2n) is 5.76. The van der Waals surface area contributed by atoms with Gasteiger partial charge in [0.2, 0.25) is 10.0 Å². The zero-order valence-electron chi connectivity index (χ0n) is 14.0. The van der Waals surface area contributed by atoms with Crippen molar-refractivity contribution in [3.63, 3.8) is 0 Å². The van der Waals surface area contributed by atoms with Crippen molar-refractivity contribution in [2.45, 2.75) is 31.6 Å². The number of sulfonamides is 1. The molecule has 5 nitrogen and oxygen atoms in total. The summed E-state index contributed by atoms with van der Waals surface area (Å²) in [5.41, 5.74) is 2.15. The van der Waals surface area contributed by atoms with Crippen LogP contribution in [0, 0.1) is 0 Å². The van der Waals surface area contributed by atoms with Crippen molar-refractivity contribution in [1.29, 1.82) is 0 Å². The molecule has 0 aliphatic rings. The minimum atomic E-state index is -3.58. The molecule has 2 aromatic carbocycles. The van der Waals surface area contributed by atoms with Crippen LogP contribution in [0.1, 0.15) is 42.6 Å². The molecule has 128 valence electrons. The van der Waals surface area contributed by atoms with Gasteiger partial charge in [-0.3, -0.25) is 4.79 Å². The Morgan fingerprint density at radius 2 is 1.75 bits per heavy atom. The molecule has 0 saturated carbocycles. The van der Waals surface area contributed by atoms with Gasteiger partial charge >= 0.3 is 0 Å². The van der Waals surface area contributed by atoms with Gasteiger partial charge in [0.05, 0.1) is 4.90 Å². The molecule has 0 atom stereocenters. The highest BCUT2D eigenvalue weighted by molar-refractivity contribution is 7.89. The molecule has 0 unspecified atom stereocenters. The summed E-state index contributed by atoms with van der Waals surface area (Å²) in [5.74, 6) is 0.0727. The van der Waals surface area contributed by atoms with Crippen molar-refractivity contribution < 1.29 is 13.2 Å². The van der Waals surface area contributed by atoms with Crippen molar-refractivity contribution in [1.82, 2.24) is 4.72 Å². The largest absolute Gasteiger partial charge is 0.322 e. The Balaban J connectivity index is 2.18. The summed E-state index contributed by atoms with van der Waals surface area (Å²) in [7, 11) is -3.58. The minimum absolute atomic E-state index is 0.0761. The molecule has 24 heavy (non-hydrogen) atoms. The van der Waals surface area contributed by atoms with E-state index in [0.29, 0.717) is 23.7 Å². The second-order valence-corrected chi connectivity index (χ2v) is 7.53. The average Bonchev–Trinajstić information content (AvgIpc) is 2.55. The van der Waals surface area contributed by atoms with Gasteiger partial charge in [0.1, 0.15) is 0 Å². The molecule has 0 saturated heterocycles. The van der Waals surface area contributed by atoms with E-state index in [9.17, 15) is 13.2 Å². The number of nitrogens with one attached hydrogen (secondary N) is 2. The minimum Gasteiger partial charge on any atom is -0.322 e. The Morgan fingerprint density at radius 1 is 1.08 bits per heavy atom. The number of carbonyl (C=O) groups excluding carboxylic acids is 1. The average molecular weight is 346 g/mol. The predicted octanol–water partition coefficient (Wildman–Crippen LogP) is 3.36. The van der Waals surface area contributed by atoms with Crippen LogP contribution >= 0.6 is 0 Å². The monoisotopic (exact) mass is 346 g/mol. The summed E-state index contributed by atoms with van der Waals surface area (Å²) in [6.45, 7) is 6.20. The van der Waals surface area contributed by atoms with E-state index in [1.54, 1.807) is 19.1 Å². The molecule has 0 fully saturated rings. The Labute approximate surface area is 143 Å². The van der Waals surface area contributed by atoms with Crippen LogP contribution in [0.25, 0.3) is 0 Å².